The second-order valence-electron chi connectivity index (χ2n) is 8.21. The highest BCUT2D eigenvalue weighted by atomic mass is 32.2. The number of fused-ring (bicyclic) bond motifs is 1. The van der Waals surface area contributed by atoms with Gasteiger partial charge in [-0.25, -0.2) is 4.98 Å². The van der Waals surface area contributed by atoms with Crippen LogP contribution in [0.5, 0.6) is 0 Å². The number of hydrogen-bond acceptors (Lipinski definition) is 7. The van der Waals surface area contributed by atoms with Gasteiger partial charge in [0.05, 0.1) is 18.7 Å². The largest absolute Gasteiger partial charge is 0.465 e. The van der Waals surface area contributed by atoms with E-state index in [1.807, 2.05) is 62.4 Å². The molecule has 0 fully saturated rings. The second kappa shape index (κ2) is 10.3. The summed E-state index contributed by atoms with van der Waals surface area (Å²) in [5, 5.41) is 0.250. The third-order valence-corrected chi connectivity index (χ3v) is 6.39. The van der Waals surface area contributed by atoms with E-state index in [9.17, 15) is 9.59 Å². The minimum absolute atomic E-state index is 0.113. The summed E-state index contributed by atoms with van der Waals surface area (Å²) in [4.78, 5) is 28.6. The lowest BCUT2D eigenvalue weighted by molar-refractivity contribution is -0.142. The summed E-state index contributed by atoms with van der Waals surface area (Å²) in [5.41, 5.74) is 4.62. The summed E-state index contributed by atoms with van der Waals surface area (Å²) in [6.07, 6.45) is 0.915. The Bertz CT molecular complexity index is 1340. The van der Waals surface area contributed by atoms with Crippen molar-refractivity contribution < 1.29 is 23.2 Å². The first-order valence-electron chi connectivity index (χ1n) is 11.2. The topological polar surface area (TPSA) is 82.5 Å². The van der Waals surface area contributed by atoms with Crippen LogP contribution in [0.1, 0.15) is 42.2 Å². The first-order valence-corrected chi connectivity index (χ1v) is 12.1. The van der Waals surface area contributed by atoms with Crippen molar-refractivity contribution in [3.63, 3.8) is 0 Å². The highest BCUT2D eigenvalue weighted by Crippen LogP contribution is 2.28. The first-order chi connectivity index (χ1) is 16.3. The Hall–Kier alpha value is -3.32. The molecule has 0 saturated heterocycles. The SMILES string of the molecule is CCOC(=O)C(Cc1ccc2oc(Cc3nc(-c4cccc(C)c4)oc3C)cc2c1)SC(C)=O. The van der Waals surface area contributed by atoms with Gasteiger partial charge in [0.2, 0.25) is 5.89 Å². The molecule has 4 aromatic rings. The van der Waals surface area contributed by atoms with Crippen LogP contribution in [0.4, 0.5) is 0 Å². The number of thioether (sulfide) groups is 1. The number of furan rings is 1. The van der Waals surface area contributed by atoms with Crippen molar-refractivity contribution in [1.29, 1.82) is 0 Å². The van der Waals surface area contributed by atoms with Gasteiger partial charge < -0.3 is 13.6 Å². The molecule has 0 aliphatic carbocycles. The smallest absolute Gasteiger partial charge is 0.319 e. The molecular formula is C27H27NO5S. The Balaban J connectivity index is 1.53. The number of ether oxygens (including phenoxy) is 1. The Morgan fingerprint density at radius 3 is 2.65 bits per heavy atom. The Morgan fingerprint density at radius 2 is 1.91 bits per heavy atom. The fraction of sp³-hybridized carbons (Fsp3) is 0.296. The van der Waals surface area contributed by atoms with Gasteiger partial charge in [-0.15, -0.1) is 0 Å². The molecule has 0 aliphatic heterocycles. The van der Waals surface area contributed by atoms with E-state index < -0.39 is 5.25 Å². The molecule has 6 nitrogen and oxygen atoms in total. The highest BCUT2D eigenvalue weighted by Gasteiger charge is 2.23. The third kappa shape index (κ3) is 5.59. The molecule has 0 aliphatic rings. The molecule has 0 saturated carbocycles. The van der Waals surface area contributed by atoms with E-state index in [0.717, 1.165) is 56.6 Å². The maximum absolute atomic E-state index is 12.3. The summed E-state index contributed by atoms with van der Waals surface area (Å²) in [7, 11) is 0. The van der Waals surface area contributed by atoms with Crippen molar-refractivity contribution in [2.45, 2.75) is 45.8 Å². The number of nitrogens with zero attached hydrogens (tertiary/aromatic N) is 1. The van der Waals surface area contributed by atoms with Crippen molar-refractivity contribution in [3.8, 4) is 11.5 Å². The average molecular weight is 478 g/mol. The van der Waals surface area contributed by atoms with Gasteiger partial charge in [0.25, 0.3) is 0 Å². The van der Waals surface area contributed by atoms with Crippen molar-refractivity contribution in [1.82, 2.24) is 4.98 Å². The number of benzene rings is 2. The Morgan fingerprint density at radius 1 is 1.09 bits per heavy atom. The number of esters is 1. The molecule has 7 heteroatoms. The zero-order valence-electron chi connectivity index (χ0n) is 19.7. The molecule has 4 rings (SSSR count). The quantitative estimate of drug-likeness (QED) is 0.286. The standard InChI is InChI=1S/C27H27NO5S/c1-5-31-27(30)25(34-18(4)29)13-19-9-10-24-21(12-19)14-22(33-24)15-23-17(3)32-26(28-23)20-8-6-7-16(2)11-20/h6-12,14,25H,5,13,15H2,1-4H3. The fourth-order valence-corrected chi connectivity index (χ4v) is 4.68. The number of aromatic nitrogens is 1. The van der Waals surface area contributed by atoms with Crippen LogP contribution < -0.4 is 0 Å². The predicted molar refractivity (Wildman–Crippen MR) is 133 cm³/mol. The summed E-state index contributed by atoms with van der Waals surface area (Å²) in [6.45, 7) is 7.44. The number of oxazole rings is 1. The molecule has 176 valence electrons. The Labute approximate surface area is 202 Å². The van der Waals surface area contributed by atoms with Crippen molar-refractivity contribution >= 4 is 33.8 Å². The van der Waals surface area contributed by atoms with Crippen molar-refractivity contribution in [2.75, 3.05) is 6.61 Å². The summed E-state index contributed by atoms with van der Waals surface area (Å²) in [6, 6.07) is 15.8. The van der Waals surface area contributed by atoms with Crippen molar-refractivity contribution in [2.24, 2.45) is 0 Å². The highest BCUT2D eigenvalue weighted by molar-refractivity contribution is 8.14. The molecule has 2 heterocycles. The van der Waals surface area contributed by atoms with Crippen LogP contribution in [0.15, 0.2) is 57.4 Å². The van der Waals surface area contributed by atoms with Crippen LogP contribution in [0.25, 0.3) is 22.4 Å². The molecule has 1 unspecified atom stereocenters. The normalized spacial score (nSPS) is 12.1. The first kappa shape index (κ1) is 23.8. The van der Waals surface area contributed by atoms with E-state index in [1.54, 1.807) is 6.92 Å². The molecule has 1 atom stereocenters. The molecule has 0 bridgehead atoms. The number of rotatable bonds is 8. The lowest BCUT2D eigenvalue weighted by atomic mass is 10.1. The number of aryl methyl sites for hydroxylation is 2. The number of carbonyl (C=O) groups excluding carboxylic acids is 2. The molecule has 0 radical (unpaired) electrons. The maximum Gasteiger partial charge on any atom is 0.319 e. The van der Waals surface area contributed by atoms with Crippen LogP contribution in [0.3, 0.4) is 0 Å². The summed E-state index contributed by atoms with van der Waals surface area (Å²) in [5.74, 6) is 1.76. The van der Waals surface area contributed by atoms with Gasteiger partial charge >= 0.3 is 5.97 Å². The zero-order chi connectivity index (χ0) is 24.2. The van der Waals surface area contributed by atoms with Gasteiger partial charge in [0, 0.05) is 17.9 Å². The molecule has 0 amide bonds. The van der Waals surface area contributed by atoms with E-state index in [-0.39, 0.29) is 17.7 Å². The molecule has 0 N–H and O–H groups in total. The lowest BCUT2D eigenvalue weighted by Crippen LogP contribution is -2.24. The molecule has 2 aromatic heterocycles. The van der Waals surface area contributed by atoms with Crippen molar-refractivity contribution in [3.05, 3.63) is 76.9 Å². The zero-order valence-corrected chi connectivity index (χ0v) is 20.5. The van der Waals surface area contributed by atoms with Gasteiger partial charge in [0.15, 0.2) is 5.12 Å². The van der Waals surface area contributed by atoms with Crippen LogP contribution in [0.2, 0.25) is 0 Å². The molecule has 34 heavy (non-hydrogen) atoms. The lowest BCUT2D eigenvalue weighted by Gasteiger charge is -2.13. The van der Waals surface area contributed by atoms with Gasteiger partial charge in [0.1, 0.15) is 22.4 Å². The van der Waals surface area contributed by atoms with Crippen LogP contribution in [-0.4, -0.2) is 27.9 Å². The van der Waals surface area contributed by atoms with E-state index in [1.165, 1.54) is 6.92 Å². The van der Waals surface area contributed by atoms with Gasteiger partial charge in [-0.2, -0.15) is 0 Å². The number of carbonyl (C=O) groups is 2. The number of hydrogen-bond donors (Lipinski definition) is 0. The van der Waals surface area contributed by atoms with Gasteiger partial charge in [-0.1, -0.05) is 35.5 Å². The fourth-order valence-electron chi connectivity index (χ4n) is 3.84. The monoisotopic (exact) mass is 477 g/mol. The third-order valence-electron chi connectivity index (χ3n) is 5.41. The van der Waals surface area contributed by atoms with E-state index in [2.05, 4.69) is 0 Å². The average Bonchev–Trinajstić information content (AvgIpc) is 3.35. The Kier molecular flexibility index (Phi) is 7.22. The van der Waals surface area contributed by atoms with Crippen LogP contribution >= 0.6 is 11.8 Å². The van der Waals surface area contributed by atoms with E-state index in [4.69, 9.17) is 18.6 Å². The summed E-state index contributed by atoms with van der Waals surface area (Å²) >= 11 is 1.00. The molecule has 0 spiro atoms. The van der Waals surface area contributed by atoms with Gasteiger partial charge in [-0.05, 0) is 63.1 Å². The maximum atomic E-state index is 12.3. The predicted octanol–water partition coefficient (Wildman–Crippen LogP) is 6.05. The minimum Gasteiger partial charge on any atom is -0.465 e. The van der Waals surface area contributed by atoms with Crippen LogP contribution in [-0.2, 0) is 27.2 Å². The second-order valence-corrected chi connectivity index (χ2v) is 9.59. The molecule has 2 aromatic carbocycles. The summed E-state index contributed by atoms with van der Waals surface area (Å²) < 4.78 is 17.1. The van der Waals surface area contributed by atoms with E-state index >= 15 is 0 Å². The molecular weight excluding hydrogens is 450 g/mol. The van der Waals surface area contributed by atoms with Crippen LogP contribution in [0, 0.1) is 13.8 Å². The van der Waals surface area contributed by atoms with Gasteiger partial charge in [-0.3, -0.25) is 9.59 Å². The van der Waals surface area contributed by atoms with E-state index in [0.29, 0.717) is 18.7 Å². The minimum atomic E-state index is -0.570.